The first-order valence-corrected chi connectivity index (χ1v) is 8.73. The molecule has 3 N–H and O–H groups in total. The predicted octanol–water partition coefficient (Wildman–Crippen LogP) is 1.08. The number of carboxylic acid groups (broad SMARTS) is 1. The van der Waals surface area contributed by atoms with Crippen LogP contribution in [0.5, 0.6) is 5.75 Å². The van der Waals surface area contributed by atoms with Crippen molar-refractivity contribution in [3.63, 3.8) is 0 Å². The minimum atomic E-state index is -1.32. The lowest BCUT2D eigenvalue weighted by Crippen LogP contribution is -2.53. The normalized spacial score (nSPS) is 18.4. The number of rotatable bonds is 3. The summed E-state index contributed by atoms with van der Waals surface area (Å²) in [5.41, 5.74) is 3.51. The van der Waals surface area contributed by atoms with E-state index in [2.05, 4.69) is 10.2 Å². The van der Waals surface area contributed by atoms with Gasteiger partial charge in [0.05, 0.1) is 11.5 Å². The summed E-state index contributed by atoms with van der Waals surface area (Å²) in [6.45, 7) is 1.67. The smallest absolute Gasteiger partial charge is 0.534 e. The van der Waals surface area contributed by atoms with Gasteiger partial charge in [-0.2, -0.15) is 0 Å². The molecule has 27 heavy (non-hydrogen) atoms. The Morgan fingerprint density at radius 3 is 2.74 bits per heavy atom. The molecule has 1 unspecified atom stereocenters. The second-order valence-electron chi connectivity index (χ2n) is 7.05. The van der Waals surface area contributed by atoms with Crippen LogP contribution in [0.4, 0.5) is 0 Å². The highest BCUT2D eigenvalue weighted by molar-refractivity contribution is 6.47. The monoisotopic (exact) mass is 366 g/mol. The van der Waals surface area contributed by atoms with Crippen LogP contribution in [0.2, 0.25) is 0 Å². The molecule has 2 aromatic rings. The van der Waals surface area contributed by atoms with Crippen LogP contribution in [-0.2, 0) is 19.5 Å². The van der Waals surface area contributed by atoms with E-state index in [1.165, 1.54) is 11.6 Å². The van der Waals surface area contributed by atoms with Gasteiger partial charge in [0.1, 0.15) is 5.75 Å². The first kappa shape index (κ1) is 17.6. The average molecular weight is 366 g/mol. The lowest BCUT2D eigenvalue weighted by Gasteiger charge is -2.28. The summed E-state index contributed by atoms with van der Waals surface area (Å²) in [4.78, 5) is 26.1. The lowest BCUT2D eigenvalue weighted by atomic mass is 9.72. The number of fused-ring (bicyclic) bond motifs is 2. The van der Waals surface area contributed by atoms with E-state index in [0.717, 1.165) is 18.7 Å². The van der Waals surface area contributed by atoms with Crippen LogP contribution in [0.15, 0.2) is 36.4 Å². The third-order valence-electron chi connectivity index (χ3n) is 5.02. The summed E-state index contributed by atoms with van der Waals surface area (Å²) >= 11 is 0. The zero-order valence-corrected chi connectivity index (χ0v) is 14.8. The topological polar surface area (TPSA) is 99.1 Å². The van der Waals surface area contributed by atoms with Crippen molar-refractivity contribution in [1.82, 2.24) is 10.2 Å². The first-order valence-electron chi connectivity index (χ1n) is 8.73. The minimum absolute atomic E-state index is 0.000862. The molecule has 1 amide bonds. The number of nitrogens with one attached hydrogen (secondary N) is 1. The van der Waals surface area contributed by atoms with E-state index < -0.39 is 19.0 Å². The highest BCUT2D eigenvalue weighted by Gasteiger charge is 2.38. The molecule has 0 fully saturated rings. The van der Waals surface area contributed by atoms with Crippen molar-refractivity contribution in [2.24, 2.45) is 0 Å². The lowest BCUT2D eigenvalue weighted by molar-refractivity contribution is 0.0693. The Hall–Kier alpha value is -2.84. The number of hydrogen-bond donors (Lipinski definition) is 3. The molecule has 2 aliphatic rings. The van der Waals surface area contributed by atoms with Gasteiger partial charge in [-0.25, -0.2) is 4.79 Å². The predicted molar refractivity (Wildman–Crippen MR) is 98.6 cm³/mol. The van der Waals surface area contributed by atoms with Gasteiger partial charge in [-0.1, -0.05) is 18.2 Å². The number of carbonyl (C=O) groups excluding carboxylic acids is 1. The molecule has 2 aliphatic heterocycles. The van der Waals surface area contributed by atoms with Crippen LogP contribution in [-0.4, -0.2) is 47.0 Å². The summed E-state index contributed by atoms with van der Waals surface area (Å²) in [6.07, 6.45) is 0.289. The molecule has 0 aromatic heterocycles. The maximum absolute atomic E-state index is 12.6. The minimum Gasteiger partial charge on any atom is -0.534 e. The molecule has 0 bridgehead atoms. The Morgan fingerprint density at radius 2 is 1.96 bits per heavy atom. The molecule has 0 saturated heterocycles. The Morgan fingerprint density at radius 1 is 1.19 bits per heavy atom. The summed E-state index contributed by atoms with van der Waals surface area (Å²) in [7, 11) is 0.709. The standard InChI is InChI=1S/C19H19BN2O5/c1-22-9-13-6-5-12(7-14(13)10-22)18(23)21-16-8-11-3-2-4-15(19(24)25)17(11)27-20(16)26/h2-7,16,26H,8-10H2,1H3,(H,21,23)(H,24,25). The first-order chi connectivity index (χ1) is 12.9. The Balaban J connectivity index is 1.52. The van der Waals surface area contributed by atoms with Gasteiger partial charge in [0.2, 0.25) is 0 Å². The number of benzene rings is 2. The SMILES string of the molecule is CN1Cc2ccc(C(=O)NC3Cc4cccc(C(=O)O)c4OB3O)cc2C1. The van der Waals surface area contributed by atoms with Gasteiger partial charge in [0.15, 0.2) is 0 Å². The van der Waals surface area contributed by atoms with Crippen LogP contribution >= 0.6 is 0 Å². The van der Waals surface area contributed by atoms with Crippen molar-refractivity contribution in [2.45, 2.75) is 25.5 Å². The molecule has 7 nitrogen and oxygen atoms in total. The Bertz CT molecular complexity index is 932. The van der Waals surface area contributed by atoms with Crippen LogP contribution in [0, 0.1) is 0 Å². The molecule has 1 atom stereocenters. The van der Waals surface area contributed by atoms with Crippen molar-refractivity contribution < 1.29 is 24.4 Å². The molecule has 0 radical (unpaired) electrons. The van der Waals surface area contributed by atoms with Gasteiger partial charge in [0, 0.05) is 18.7 Å². The van der Waals surface area contributed by atoms with Crippen molar-refractivity contribution in [2.75, 3.05) is 7.05 Å². The van der Waals surface area contributed by atoms with Gasteiger partial charge in [-0.05, 0) is 48.4 Å². The van der Waals surface area contributed by atoms with Crippen molar-refractivity contribution in [3.8, 4) is 5.75 Å². The quantitative estimate of drug-likeness (QED) is 0.704. The van der Waals surface area contributed by atoms with Crippen LogP contribution in [0.3, 0.4) is 0 Å². The summed E-state index contributed by atoms with van der Waals surface area (Å²) < 4.78 is 5.42. The van der Waals surface area contributed by atoms with E-state index in [1.807, 2.05) is 19.2 Å². The van der Waals surface area contributed by atoms with Crippen molar-refractivity contribution >= 4 is 19.0 Å². The number of hydrogen-bond acceptors (Lipinski definition) is 5. The third kappa shape index (κ3) is 3.29. The van der Waals surface area contributed by atoms with E-state index in [-0.39, 0.29) is 23.6 Å². The van der Waals surface area contributed by atoms with Crippen molar-refractivity contribution in [1.29, 1.82) is 0 Å². The summed E-state index contributed by atoms with van der Waals surface area (Å²) in [5, 5.41) is 22.3. The van der Waals surface area contributed by atoms with E-state index >= 15 is 0 Å². The Kier molecular flexibility index (Phi) is 4.37. The summed E-state index contributed by atoms with van der Waals surface area (Å²) in [6, 6.07) is 10.4. The van der Waals surface area contributed by atoms with E-state index in [9.17, 15) is 19.7 Å². The highest BCUT2D eigenvalue weighted by atomic mass is 16.5. The number of amides is 1. The molecule has 2 aromatic carbocycles. The number of para-hydroxylation sites is 1. The van der Waals surface area contributed by atoms with E-state index in [1.54, 1.807) is 18.2 Å². The molecule has 138 valence electrons. The van der Waals surface area contributed by atoms with Gasteiger partial charge >= 0.3 is 13.1 Å². The maximum Gasteiger partial charge on any atom is 0.547 e. The summed E-state index contributed by atoms with van der Waals surface area (Å²) in [5.74, 6) is -1.92. The van der Waals surface area contributed by atoms with Crippen LogP contribution in [0.25, 0.3) is 0 Å². The molecular weight excluding hydrogens is 347 g/mol. The molecular formula is C19H19BN2O5. The highest BCUT2D eigenvalue weighted by Crippen LogP contribution is 2.30. The van der Waals surface area contributed by atoms with Gasteiger partial charge in [0.25, 0.3) is 5.91 Å². The number of nitrogens with zero attached hydrogens (tertiary/aromatic N) is 1. The van der Waals surface area contributed by atoms with E-state index in [0.29, 0.717) is 11.1 Å². The fraction of sp³-hybridized carbons (Fsp3) is 0.263. The fourth-order valence-corrected chi connectivity index (χ4v) is 3.67. The molecule has 4 rings (SSSR count). The zero-order valence-electron chi connectivity index (χ0n) is 14.8. The van der Waals surface area contributed by atoms with Gasteiger partial charge in [-0.3, -0.25) is 9.69 Å². The zero-order chi connectivity index (χ0) is 19.1. The van der Waals surface area contributed by atoms with Gasteiger partial charge in [-0.15, -0.1) is 0 Å². The fourth-order valence-electron chi connectivity index (χ4n) is 3.67. The molecule has 8 heteroatoms. The molecule has 0 saturated carbocycles. The van der Waals surface area contributed by atoms with Crippen LogP contribution in [0.1, 0.15) is 37.4 Å². The largest absolute Gasteiger partial charge is 0.547 e. The van der Waals surface area contributed by atoms with Gasteiger partial charge < -0.3 is 20.1 Å². The molecule has 2 heterocycles. The maximum atomic E-state index is 12.6. The number of aromatic carboxylic acids is 1. The third-order valence-corrected chi connectivity index (χ3v) is 5.02. The molecule has 0 aliphatic carbocycles. The van der Waals surface area contributed by atoms with E-state index in [4.69, 9.17) is 4.65 Å². The van der Waals surface area contributed by atoms with Crippen molar-refractivity contribution in [3.05, 3.63) is 64.2 Å². The number of carbonyl (C=O) groups is 2. The van der Waals surface area contributed by atoms with Crippen LogP contribution < -0.4 is 9.97 Å². The average Bonchev–Trinajstić information content (AvgIpc) is 3.00. The second kappa shape index (κ2) is 6.72. The second-order valence-corrected chi connectivity index (χ2v) is 7.05. The molecule has 0 spiro atoms. The number of carboxylic acids is 1. The Labute approximate surface area is 156 Å².